The Bertz CT molecular complexity index is 2500. The van der Waals surface area contributed by atoms with Crippen molar-refractivity contribution in [2.24, 2.45) is 63.6 Å². The second-order valence-corrected chi connectivity index (χ2v) is 27.3. The number of aliphatic carboxylic acids is 1. The van der Waals surface area contributed by atoms with Crippen LogP contribution in [0.5, 0.6) is 0 Å². The molecule has 2 unspecified atom stereocenters. The van der Waals surface area contributed by atoms with E-state index in [-0.39, 0.29) is 88.6 Å². The Morgan fingerprint density at radius 1 is 0.921 bits per heavy atom. The molecular weight excluding hydrogens is 957 g/mol. The molecule has 12 nitrogen and oxygen atoms in total. The third kappa shape index (κ3) is 10.6. The molecule has 16 atom stereocenters. The molecule has 0 bridgehead atoms. The topological polar surface area (TPSA) is 172 Å². The summed E-state index contributed by atoms with van der Waals surface area (Å²) < 4.78 is 19.0. The van der Waals surface area contributed by atoms with Crippen molar-refractivity contribution in [3.63, 3.8) is 0 Å². The van der Waals surface area contributed by atoms with Gasteiger partial charge in [-0.3, -0.25) is 14.4 Å². The summed E-state index contributed by atoms with van der Waals surface area (Å²) in [5.41, 5.74) is 3.68. The first kappa shape index (κ1) is 56.5. The first-order chi connectivity index (χ1) is 35.8. The minimum Gasteiger partial charge on any atom is -0.481 e. The number of esters is 1. The second-order valence-electron chi connectivity index (χ2n) is 27.3. The number of ketones is 1. The average molecular weight is 1050 g/mol. The number of amides is 1. The standard InChI is InChI=1S/C64H92N2O10/c1-11-27-64(73)28-26-49-46-21-17-41-34-44(67)20-22-45(41)56(46)47(38-62(49,64)8)40-15-18-43(19-16-40)66(10)32-33-74-60(6)29-30-61(7)42(37-60)35-52(75-55(71)13-12-31-65-58(72)76-59(3,4)5)57-50-24-23-48(39(2)14-25-54(69)70)63(50,9)53(68)36-51(57)61/h15-16,18-19,34,39,42,46-53,57,68,73H,12-14,17,20-26,28-33,35-38H2,1-10H3,(H,65,72)(H,69,70)/t39-,42-,46?,47+,48-,49?,50+,51+,52-,53+,57+,60+,61+,62+,63-,64-/m1/s1. The molecule has 8 aliphatic rings. The van der Waals surface area contributed by atoms with Crippen LogP contribution in [0.3, 0.4) is 0 Å². The van der Waals surface area contributed by atoms with E-state index in [0.29, 0.717) is 63.6 Å². The fourth-order valence-corrected chi connectivity index (χ4v) is 18.0. The van der Waals surface area contributed by atoms with Crippen molar-refractivity contribution in [1.82, 2.24) is 5.32 Å². The highest BCUT2D eigenvalue weighted by Gasteiger charge is 2.68. The molecule has 6 fully saturated rings. The number of nitrogens with zero attached hydrogens (tertiary/aromatic N) is 1. The number of aliphatic hydroxyl groups is 2. The van der Waals surface area contributed by atoms with Crippen LogP contribution in [0, 0.1) is 75.4 Å². The van der Waals surface area contributed by atoms with Gasteiger partial charge in [0.25, 0.3) is 0 Å². The van der Waals surface area contributed by atoms with Crippen molar-refractivity contribution >= 4 is 29.5 Å². The predicted octanol–water partition coefficient (Wildman–Crippen LogP) is 11.5. The Morgan fingerprint density at radius 2 is 1.67 bits per heavy atom. The summed E-state index contributed by atoms with van der Waals surface area (Å²) >= 11 is 0. The molecule has 0 aromatic heterocycles. The maximum Gasteiger partial charge on any atom is 0.407 e. The molecule has 76 heavy (non-hydrogen) atoms. The molecular formula is C64H92N2O10. The molecule has 418 valence electrons. The summed E-state index contributed by atoms with van der Waals surface area (Å²) in [6.45, 7) is 20.2. The Morgan fingerprint density at radius 3 is 2.38 bits per heavy atom. The Balaban J connectivity index is 0.882. The van der Waals surface area contributed by atoms with E-state index in [0.717, 1.165) is 76.3 Å². The van der Waals surface area contributed by atoms with Crippen molar-refractivity contribution in [2.75, 3.05) is 31.6 Å². The number of ether oxygens (including phenoxy) is 3. The van der Waals surface area contributed by atoms with Gasteiger partial charge in [0.2, 0.25) is 0 Å². The number of hydrogen-bond donors (Lipinski definition) is 4. The fraction of sp³-hybridized carbons (Fsp3) is 0.750. The van der Waals surface area contributed by atoms with Crippen molar-refractivity contribution in [3.05, 3.63) is 52.6 Å². The van der Waals surface area contributed by atoms with Gasteiger partial charge < -0.3 is 39.7 Å². The monoisotopic (exact) mass is 1050 g/mol. The number of allylic oxidation sites excluding steroid dienone is 4. The van der Waals surface area contributed by atoms with Gasteiger partial charge in [0, 0.05) is 62.3 Å². The van der Waals surface area contributed by atoms with E-state index in [2.05, 4.69) is 88.0 Å². The SMILES string of the molecule is CC#C[C@@]1(O)CCC2C3CCC4=CC(=O)CCC4=C3[C@H](c3ccc(N(C)CCO[C@@]4(C)CC[C@@]5(C)[C@H](C[C@@H](OC(=O)CCCNC(=O)OC(C)(C)C)[C@@H]6[C@@H]5C[C@H](O)[C@]5(C)[C@@H]([C@H](C)CCC(=O)O)CC[C@@H]65)C4)cc3)C[C@@]21C. The molecule has 9 rings (SSSR count). The summed E-state index contributed by atoms with van der Waals surface area (Å²) in [7, 11) is 2.13. The quantitative estimate of drug-likeness (QED) is 0.0748. The highest BCUT2D eigenvalue weighted by atomic mass is 16.6. The van der Waals surface area contributed by atoms with E-state index >= 15 is 0 Å². The number of carboxylic acids is 1. The minimum atomic E-state index is -1.02. The summed E-state index contributed by atoms with van der Waals surface area (Å²) in [5, 5.41) is 36.9. The third-order valence-corrected chi connectivity index (χ3v) is 21.9. The number of carbonyl (C=O) groups is 4. The third-order valence-electron chi connectivity index (χ3n) is 21.9. The molecule has 0 heterocycles. The summed E-state index contributed by atoms with van der Waals surface area (Å²) in [6.07, 6.45) is 13.5. The van der Waals surface area contributed by atoms with Crippen molar-refractivity contribution in [2.45, 2.75) is 213 Å². The normalized spacial score (nSPS) is 38.8. The van der Waals surface area contributed by atoms with Gasteiger partial charge in [-0.2, -0.15) is 0 Å². The zero-order valence-corrected chi connectivity index (χ0v) is 47.7. The molecule has 0 radical (unpaired) electrons. The van der Waals surface area contributed by atoms with Crippen LogP contribution < -0.4 is 10.2 Å². The lowest BCUT2D eigenvalue weighted by atomic mass is 9.42. The van der Waals surface area contributed by atoms with Crippen molar-refractivity contribution in [1.29, 1.82) is 0 Å². The highest BCUT2D eigenvalue weighted by molar-refractivity contribution is 5.93. The Hall–Kier alpha value is -4.18. The number of anilines is 1. The molecule has 4 N–H and O–H groups in total. The molecule has 0 aliphatic heterocycles. The van der Waals surface area contributed by atoms with Crippen LogP contribution in [0.25, 0.3) is 0 Å². The Kier molecular flexibility index (Phi) is 16.0. The number of benzene rings is 1. The molecule has 12 heteroatoms. The van der Waals surface area contributed by atoms with Gasteiger partial charge in [-0.05, 0) is 218 Å². The molecule has 1 aromatic carbocycles. The molecule has 0 saturated heterocycles. The van der Waals surface area contributed by atoms with E-state index in [1.807, 2.05) is 33.8 Å². The minimum absolute atomic E-state index is 0.0774. The summed E-state index contributed by atoms with van der Waals surface area (Å²) in [5.74, 6) is 7.32. The van der Waals surface area contributed by atoms with Gasteiger partial charge in [-0.25, -0.2) is 4.79 Å². The van der Waals surface area contributed by atoms with E-state index in [1.165, 1.54) is 22.3 Å². The zero-order chi connectivity index (χ0) is 54.8. The lowest BCUT2D eigenvalue weighted by molar-refractivity contribution is -0.226. The van der Waals surface area contributed by atoms with E-state index in [1.54, 1.807) is 0 Å². The van der Waals surface area contributed by atoms with Crippen LogP contribution in [0.1, 0.15) is 189 Å². The number of hydrogen-bond acceptors (Lipinski definition) is 10. The van der Waals surface area contributed by atoms with Crippen LogP contribution in [-0.2, 0) is 28.6 Å². The van der Waals surface area contributed by atoms with Crippen molar-refractivity contribution < 1.29 is 48.7 Å². The largest absolute Gasteiger partial charge is 0.481 e. The van der Waals surface area contributed by atoms with Gasteiger partial charge in [0.1, 0.15) is 17.3 Å². The van der Waals surface area contributed by atoms with Gasteiger partial charge >= 0.3 is 18.0 Å². The fourth-order valence-electron chi connectivity index (χ4n) is 18.0. The first-order valence-corrected chi connectivity index (χ1v) is 29.5. The van der Waals surface area contributed by atoms with Crippen LogP contribution in [-0.4, -0.2) is 94.9 Å². The van der Waals surface area contributed by atoms with Gasteiger partial charge in [-0.15, -0.1) is 5.92 Å². The predicted molar refractivity (Wildman–Crippen MR) is 294 cm³/mol. The second kappa shape index (κ2) is 21.5. The van der Waals surface area contributed by atoms with Crippen LogP contribution in [0.4, 0.5) is 10.5 Å². The number of rotatable bonds is 15. The number of likely N-dealkylation sites (N-methyl/N-ethyl adjacent to an activating group) is 1. The Labute approximate surface area is 454 Å². The number of carboxylic acid groups (broad SMARTS) is 1. The lowest BCUT2D eigenvalue weighted by Crippen LogP contribution is -2.63. The number of alkyl carbamates (subject to hydrolysis) is 1. The summed E-state index contributed by atoms with van der Waals surface area (Å²) in [6, 6.07) is 9.05. The molecule has 1 aromatic rings. The summed E-state index contributed by atoms with van der Waals surface area (Å²) in [4.78, 5) is 52.8. The lowest BCUT2D eigenvalue weighted by Gasteiger charge is -2.64. The maximum atomic E-state index is 13.9. The van der Waals surface area contributed by atoms with Crippen LogP contribution in [0.15, 0.2) is 47.1 Å². The number of fused-ring (bicyclic) bond motifs is 9. The number of aliphatic hydroxyl groups excluding tert-OH is 1. The van der Waals surface area contributed by atoms with Crippen molar-refractivity contribution in [3.8, 4) is 11.8 Å². The highest BCUT2D eigenvalue weighted by Crippen LogP contribution is 2.70. The van der Waals surface area contributed by atoms with Crippen LogP contribution in [0.2, 0.25) is 0 Å². The molecule has 8 aliphatic carbocycles. The van der Waals surface area contributed by atoms with Gasteiger partial charge in [-0.1, -0.05) is 51.3 Å². The van der Waals surface area contributed by atoms with E-state index in [9.17, 15) is 34.5 Å². The maximum absolute atomic E-state index is 13.9. The molecule has 6 saturated carbocycles. The average Bonchev–Trinajstić information content (AvgIpc) is 3.86. The molecule has 0 spiro atoms. The number of nitrogens with one attached hydrogen (secondary N) is 1. The number of carbonyl (C=O) groups excluding carboxylic acids is 3. The molecule has 1 amide bonds. The van der Waals surface area contributed by atoms with E-state index < -0.39 is 34.8 Å². The van der Waals surface area contributed by atoms with Gasteiger partial charge in [0.15, 0.2) is 5.78 Å². The van der Waals surface area contributed by atoms with Crippen LogP contribution >= 0.6 is 0 Å². The first-order valence-electron chi connectivity index (χ1n) is 29.5. The zero-order valence-electron chi connectivity index (χ0n) is 47.7. The van der Waals surface area contributed by atoms with Gasteiger partial charge in [0.05, 0.1) is 18.3 Å². The van der Waals surface area contributed by atoms with E-state index in [4.69, 9.17) is 14.2 Å². The smallest absolute Gasteiger partial charge is 0.407 e.